The number of thioether (sulfide) groups is 1. The number of alkyl halides is 2. The van der Waals surface area contributed by atoms with E-state index in [4.69, 9.17) is 0 Å². The lowest BCUT2D eigenvalue weighted by molar-refractivity contribution is -0.118. The van der Waals surface area contributed by atoms with Gasteiger partial charge in [0.1, 0.15) is 0 Å². The number of rotatable bonds is 4. The molecule has 1 heterocycles. The third kappa shape index (κ3) is 4.76. The van der Waals surface area contributed by atoms with Crippen molar-refractivity contribution in [2.75, 3.05) is 11.9 Å². The van der Waals surface area contributed by atoms with Crippen molar-refractivity contribution in [1.82, 2.24) is 5.32 Å². The summed E-state index contributed by atoms with van der Waals surface area (Å²) < 4.78 is 24.4. The number of anilines is 1. The summed E-state index contributed by atoms with van der Waals surface area (Å²) in [7, 11) is 0. The highest BCUT2D eigenvalue weighted by Crippen LogP contribution is 2.26. The van der Waals surface area contributed by atoms with Crippen LogP contribution >= 0.6 is 11.8 Å². The van der Waals surface area contributed by atoms with E-state index in [0.717, 1.165) is 32.2 Å². The Bertz CT molecular complexity index is 431. The Labute approximate surface area is 121 Å². The molecule has 1 fully saturated rings. The number of hydrogen-bond acceptors (Lipinski definition) is 3. The molecule has 1 saturated heterocycles. The van der Waals surface area contributed by atoms with Crippen molar-refractivity contribution in [3.8, 4) is 0 Å². The molecule has 1 unspecified atom stereocenters. The van der Waals surface area contributed by atoms with Crippen LogP contribution in [-0.4, -0.2) is 24.3 Å². The van der Waals surface area contributed by atoms with Gasteiger partial charge in [0.25, 0.3) is 5.76 Å². The molecule has 0 spiro atoms. The summed E-state index contributed by atoms with van der Waals surface area (Å²) >= 11 is 0.498. The number of halogens is 2. The molecule has 110 valence electrons. The van der Waals surface area contributed by atoms with Gasteiger partial charge < -0.3 is 10.6 Å². The van der Waals surface area contributed by atoms with Crippen LogP contribution in [-0.2, 0) is 4.79 Å². The van der Waals surface area contributed by atoms with Crippen LogP contribution in [0.2, 0.25) is 0 Å². The number of amides is 1. The maximum absolute atomic E-state index is 12.2. The van der Waals surface area contributed by atoms with Crippen molar-refractivity contribution in [1.29, 1.82) is 0 Å². The monoisotopic (exact) mass is 300 g/mol. The molecule has 0 aromatic heterocycles. The molecule has 0 aliphatic carbocycles. The largest absolute Gasteiger partial charge is 0.325 e. The average Bonchev–Trinajstić information content (AvgIpc) is 2.69. The molecule has 2 N–H and O–H groups in total. The van der Waals surface area contributed by atoms with Gasteiger partial charge in [-0.3, -0.25) is 4.79 Å². The summed E-state index contributed by atoms with van der Waals surface area (Å²) in [5.41, 5.74) is 0.639. The Hall–Kier alpha value is -1.14. The van der Waals surface area contributed by atoms with Crippen LogP contribution in [0.25, 0.3) is 0 Å². The van der Waals surface area contributed by atoms with Gasteiger partial charge in [-0.1, -0.05) is 24.6 Å². The molecule has 6 heteroatoms. The Kier molecular flexibility index (Phi) is 5.79. The summed E-state index contributed by atoms with van der Waals surface area (Å²) in [6.07, 6.45) is 4.14. The average molecular weight is 300 g/mol. The van der Waals surface area contributed by atoms with E-state index in [0.29, 0.717) is 22.3 Å². The zero-order valence-corrected chi connectivity index (χ0v) is 11.9. The highest BCUT2D eigenvalue weighted by molar-refractivity contribution is 7.99. The van der Waals surface area contributed by atoms with E-state index in [2.05, 4.69) is 10.6 Å². The van der Waals surface area contributed by atoms with Crippen molar-refractivity contribution < 1.29 is 13.6 Å². The second-order valence-corrected chi connectivity index (χ2v) is 5.81. The van der Waals surface area contributed by atoms with Crippen molar-refractivity contribution in [3.05, 3.63) is 24.3 Å². The normalized spacial score (nSPS) is 19.6. The van der Waals surface area contributed by atoms with Gasteiger partial charge >= 0.3 is 0 Å². The van der Waals surface area contributed by atoms with Gasteiger partial charge in [0.2, 0.25) is 5.91 Å². The predicted octanol–water partition coefficient (Wildman–Crippen LogP) is 3.47. The van der Waals surface area contributed by atoms with Gasteiger partial charge in [0.05, 0.1) is 6.04 Å². The van der Waals surface area contributed by atoms with E-state index in [1.165, 1.54) is 0 Å². The zero-order valence-electron chi connectivity index (χ0n) is 11.1. The van der Waals surface area contributed by atoms with Crippen molar-refractivity contribution in [3.63, 3.8) is 0 Å². The fraction of sp³-hybridized carbons (Fsp3) is 0.500. The number of nitrogens with one attached hydrogen (secondary N) is 2. The molecule has 0 saturated carbocycles. The highest BCUT2D eigenvalue weighted by Gasteiger charge is 2.19. The lowest BCUT2D eigenvalue weighted by Crippen LogP contribution is -2.39. The molecule has 1 aromatic rings. The van der Waals surface area contributed by atoms with E-state index in [-0.39, 0.29) is 11.9 Å². The first kappa shape index (κ1) is 15.3. The molecular formula is C14H18F2N2OS. The van der Waals surface area contributed by atoms with Crippen LogP contribution in [0, 0.1) is 0 Å². The number of carbonyl (C=O) groups is 1. The zero-order chi connectivity index (χ0) is 14.4. The second kappa shape index (κ2) is 7.59. The Morgan fingerprint density at radius 2 is 2.00 bits per heavy atom. The first-order valence-corrected chi connectivity index (χ1v) is 7.62. The van der Waals surface area contributed by atoms with E-state index >= 15 is 0 Å². The first-order valence-electron chi connectivity index (χ1n) is 6.74. The van der Waals surface area contributed by atoms with Gasteiger partial charge in [0, 0.05) is 10.6 Å². The quantitative estimate of drug-likeness (QED) is 0.837. The van der Waals surface area contributed by atoms with Gasteiger partial charge in [-0.2, -0.15) is 8.78 Å². The molecule has 1 aliphatic rings. The van der Waals surface area contributed by atoms with Gasteiger partial charge in [-0.05, 0) is 43.7 Å². The Morgan fingerprint density at radius 3 is 2.70 bits per heavy atom. The lowest BCUT2D eigenvalue weighted by Gasteiger charge is -2.15. The molecule has 1 aromatic carbocycles. The highest BCUT2D eigenvalue weighted by atomic mass is 32.2. The van der Waals surface area contributed by atoms with Crippen LogP contribution < -0.4 is 10.6 Å². The minimum Gasteiger partial charge on any atom is -0.325 e. The molecule has 0 radical (unpaired) electrons. The SMILES string of the molecule is O=C(Nc1ccc(SC(F)F)cc1)C1CCCCCN1. The maximum Gasteiger partial charge on any atom is 0.288 e. The molecular weight excluding hydrogens is 282 g/mol. The van der Waals surface area contributed by atoms with Crippen molar-refractivity contribution >= 4 is 23.4 Å². The third-order valence-corrected chi connectivity index (χ3v) is 3.95. The Balaban J connectivity index is 1.90. The first-order chi connectivity index (χ1) is 9.65. The molecule has 3 nitrogen and oxygen atoms in total. The minimum absolute atomic E-state index is 0.0545. The summed E-state index contributed by atoms with van der Waals surface area (Å²) in [5.74, 6) is -2.48. The van der Waals surface area contributed by atoms with Gasteiger partial charge in [-0.15, -0.1) is 0 Å². The fourth-order valence-electron chi connectivity index (χ4n) is 2.20. The molecule has 0 bridgehead atoms. The third-order valence-electron chi connectivity index (χ3n) is 3.22. The maximum atomic E-state index is 12.2. The van der Waals surface area contributed by atoms with Crippen LogP contribution in [0.3, 0.4) is 0 Å². The molecule has 2 rings (SSSR count). The molecule has 1 aliphatic heterocycles. The van der Waals surface area contributed by atoms with Crippen LogP contribution in [0.1, 0.15) is 25.7 Å². The second-order valence-electron chi connectivity index (χ2n) is 4.75. The van der Waals surface area contributed by atoms with E-state index in [9.17, 15) is 13.6 Å². The Morgan fingerprint density at radius 1 is 1.25 bits per heavy atom. The lowest BCUT2D eigenvalue weighted by atomic mass is 10.1. The van der Waals surface area contributed by atoms with E-state index in [1.807, 2.05) is 0 Å². The summed E-state index contributed by atoms with van der Waals surface area (Å²) in [6, 6.07) is 6.33. The van der Waals surface area contributed by atoms with Gasteiger partial charge in [0.15, 0.2) is 0 Å². The van der Waals surface area contributed by atoms with Crippen molar-refractivity contribution in [2.24, 2.45) is 0 Å². The minimum atomic E-state index is -2.43. The smallest absolute Gasteiger partial charge is 0.288 e. The summed E-state index contributed by atoms with van der Waals surface area (Å²) in [6.45, 7) is 0.863. The van der Waals surface area contributed by atoms with E-state index < -0.39 is 5.76 Å². The van der Waals surface area contributed by atoms with E-state index in [1.54, 1.807) is 24.3 Å². The molecule has 1 atom stereocenters. The summed E-state index contributed by atoms with van der Waals surface area (Å²) in [5, 5.41) is 6.05. The molecule has 1 amide bonds. The van der Waals surface area contributed by atoms with Crippen molar-refractivity contribution in [2.45, 2.75) is 42.4 Å². The van der Waals surface area contributed by atoms with Crippen LogP contribution in [0.15, 0.2) is 29.2 Å². The number of hydrogen-bond donors (Lipinski definition) is 2. The van der Waals surface area contributed by atoms with Crippen LogP contribution in [0.4, 0.5) is 14.5 Å². The van der Waals surface area contributed by atoms with Crippen LogP contribution in [0.5, 0.6) is 0 Å². The predicted molar refractivity (Wildman–Crippen MR) is 77.2 cm³/mol. The number of benzene rings is 1. The molecule has 20 heavy (non-hydrogen) atoms. The standard InChI is InChI=1S/C14H18F2N2OS/c15-14(16)20-11-7-5-10(6-8-11)18-13(19)12-4-2-1-3-9-17-12/h5-8,12,14,17H,1-4,9H2,(H,18,19). The fourth-order valence-corrected chi connectivity index (χ4v) is 2.70. The van der Waals surface area contributed by atoms with Gasteiger partial charge in [-0.25, -0.2) is 0 Å². The summed E-state index contributed by atoms with van der Waals surface area (Å²) in [4.78, 5) is 12.6. The number of carbonyl (C=O) groups excluding carboxylic acids is 1. The topological polar surface area (TPSA) is 41.1 Å².